The number of aromatic nitrogens is 3. The van der Waals surface area contributed by atoms with E-state index in [0.717, 1.165) is 22.6 Å². The second-order valence-corrected chi connectivity index (χ2v) is 7.20. The molecule has 2 rings (SSSR count). The van der Waals surface area contributed by atoms with Gasteiger partial charge < -0.3 is 5.73 Å². The Kier molecular flexibility index (Phi) is 4.53. The summed E-state index contributed by atoms with van der Waals surface area (Å²) in [5.74, 6) is 1.51. The largest absolute Gasteiger partial charge is 0.323 e. The quantitative estimate of drug-likeness (QED) is 0.917. The topological polar surface area (TPSA) is 56.7 Å². The summed E-state index contributed by atoms with van der Waals surface area (Å²) in [7, 11) is 0. The Morgan fingerprint density at radius 1 is 1.44 bits per heavy atom. The second-order valence-electron chi connectivity index (χ2n) is 4.70. The van der Waals surface area contributed by atoms with E-state index < -0.39 is 0 Å². The maximum Gasteiger partial charge on any atom is 0.138 e. The van der Waals surface area contributed by atoms with Gasteiger partial charge in [0.2, 0.25) is 0 Å². The van der Waals surface area contributed by atoms with Gasteiger partial charge in [-0.15, -0.1) is 11.3 Å². The first-order valence-corrected chi connectivity index (χ1v) is 7.54. The highest BCUT2D eigenvalue weighted by Gasteiger charge is 2.14. The summed E-state index contributed by atoms with van der Waals surface area (Å²) in [6, 6.07) is 4.07. The molecule has 98 valence electrons. The molecule has 2 N–H and O–H groups in total. The molecule has 1 atom stereocenters. The molecule has 1 unspecified atom stereocenters. The summed E-state index contributed by atoms with van der Waals surface area (Å²) in [6.45, 7) is 5.22. The first kappa shape index (κ1) is 13.7. The summed E-state index contributed by atoms with van der Waals surface area (Å²) in [6.07, 6.45) is 2.33. The minimum Gasteiger partial charge on any atom is -0.323 e. The number of hydrogen-bond acceptors (Lipinski definition) is 4. The van der Waals surface area contributed by atoms with E-state index in [0.29, 0.717) is 5.92 Å². The van der Waals surface area contributed by atoms with Crippen LogP contribution in [0.4, 0.5) is 0 Å². The van der Waals surface area contributed by atoms with Crippen molar-refractivity contribution in [2.24, 2.45) is 11.7 Å². The zero-order valence-electron chi connectivity index (χ0n) is 10.5. The summed E-state index contributed by atoms with van der Waals surface area (Å²) in [4.78, 5) is 5.47. The predicted molar refractivity (Wildman–Crippen MR) is 77.5 cm³/mol. The van der Waals surface area contributed by atoms with E-state index in [1.807, 2.05) is 10.7 Å². The number of hydrogen-bond donors (Lipinski definition) is 1. The number of nitrogens with two attached hydrogens (primary N) is 1. The maximum absolute atomic E-state index is 6.21. The van der Waals surface area contributed by atoms with Gasteiger partial charge in [0.15, 0.2) is 0 Å². The van der Waals surface area contributed by atoms with Gasteiger partial charge in [-0.3, -0.25) is 0 Å². The lowest BCUT2D eigenvalue weighted by Gasteiger charge is -2.12. The Morgan fingerprint density at radius 3 is 2.83 bits per heavy atom. The van der Waals surface area contributed by atoms with Crippen molar-refractivity contribution in [1.82, 2.24) is 14.8 Å². The average Bonchev–Trinajstić information content (AvgIpc) is 2.88. The van der Waals surface area contributed by atoms with Crippen LogP contribution in [0.5, 0.6) is 0 Å². The lowest BCUT2D eigenvalue weighted by molar-refractivity contribution is 0.460. The van der Waals surface area contributed by atoms with Crippen LogP contribution in [0.3, 0.4) is 0 Å². The minimum atomic E-state index is -0.0172. The molecule has 0 fully saturated rings. The maximum atomic E-state index is 6.21. The fraction of sp³-hybridized carbons (Fsp3) is 0.500. The molecule has 18 heavy (non-hydrogen) atoms. The van der Waals surface area contributed by atoms with Crippen LogP contribution in [-0.2, 0) is 13.0 Å². The van der Waals surface area contributed by atoms with Gasteiger partial charge >= 0.3 is 0 Å². The third kappa shape index (κ3) is 3.40. The second kappa shape index (κ2) is 5.95. The molecule has 2 aromatic rings. The van der Waals surface area contributed by atoms with Crippen molar-refractivity contribution in [3.8, 4) is 0 Å². The van der Waals surface area contributed by atoms with E-state index in [1.165, 1.54) is 4.88 Å². The molecular weight excluding hydrogens is 312 g/mol. The fourth-order valence-corrected chi connectivity index (χ4v) is 3.19. The Bertz CT molecular complexity index is 506. The van der Waals surface area contributed by atoms with E-state index in [9.17, 15) is 0 Å². The predicted octanol–water partition coefficient (Wildman–Crippen LogP) is 3.00. The third-order valence-electron chi connectivity index (χ3n) is 2.60. The van der Waals surface area contributed by atoms with Crippen molar-refractivity contribution >= 4 is 27.3 Å². The molecule has 6 heteroatoms. The zero-order valence-corrected chi connectivity index (χ0v) is 12.9. The Hall–Kier alpha value is -0.720. The minimum absolute atomic E-state index is 0.0172. The molecule has 2 aromatic heterocycles. The smallest absolute Gasteiger partial charge is 0.138 e. The number of thiophene rings is 1. The number of rotatable bonds is 5. The summed E-state index contributed by atoms with van der Waals surface area (Å²) in [5.41, 5.74) is 6.21. The average molecular weight is 329 g/mol. The van der Waals surface area contributed by atoms with Gasteiger partial charge in [0.25, 0.3) is 0 Å². The van der Waals surface area contributed by atoms with Gasteiger partial charge in [-0.2, -0.15) is 5.10 Å². The summed E-state index contributed by atoms with van der Waals surface area (Å²) in [5, 5.41) is 4.25. The molecule has 2 heterocycles. The van der Waals surface area contributed by atoms with Crippen LogP contribution in [0.25, 0.3) is 0 Å². The third-order valence-corrected chi connectivity index (χ3v) is 4.35. The standard InChI is InChI=1S/C12H17BrN4S/c1-8(2)6-17-12(15-7-16-17)5-9(14)10-3-4-11(13)18-10/h3-4,7-9H,5-6,14H2,1-2H3. The molecule has 0 radical (unpaired) electrons. The fourth-order valence-electron chi connectivity index (χ4n) is 1.77. The van der Waals surface area contributed by atoms with Crippen molar-refractivity contribution in [2.75, 3.05) is 0 Å². The molecule has 0 saturated heterocycles. The van der Waals surface area contributed by atoms with Crippen molar-refractivity contribution in [3.63, 3.8) is 0 Å². The molecule has 0 saturated carbocycles. The Balaban J connectivity index is 2.07. The van der Waals surface area contributed by atoms with E-state index in [1.54, 1.807) is 17.7 Å². The molecule has 0 spiro atoms. The molecule has 0 aliphatic heterocycles. The Morgan fingerprint density at radius 2 is 2.22 bits per heavy atom. The van der Waals surface area contributed by atoms with Crippen LogP contribution in [0.1, 0.15) is 30.6 Å². The van der Waals surface area contributed by atoms with Crippen LogP contribution < -0.4 is 5.73 Å². The number of nitrogens with zero attached hydrogens (tertiary/aromatic N) is 3. The molecule has 0 aliphatic rings. The van der Waals surface area contributed by atoms with E-state index in [4.69, 9.17) is 5.73 Å². The lowest BCUT2D eigenvalue weighted by Crippen LogP contribution is -2.17. The van der Waals surface area contributed by atoms with Crippen LogP contribution >= 0.6 is 27.3 Å². The molecule has 4 nitrogen and oxygen atoms in total. The monoisotopic (exact) mass is 328 g/mol. The van der Waals surface area contributed by atoms with Crippen molar-refractivity contribution in [1.29, 1.82) is 0 Å². The van der Waals surface area contributed by atoms with Gasteiger partial charge in [-0.05, 0) is 34.0 Å². The SMILES string of the molecule is CC(C)Cn1ncnc1CC(N)c1ccc(Br)s1. The van der Waals surface area contributed by atoms with Crippen LogP contribution in [0.15, 0.2) is 22.2 Å². The van der Waals surface area contributed by atoms with Gasteiger partial charge in [0.1, 0.15) is 12.2 Å². The molecule has 0 aliphatic carbocycles. The van der Waals surface area contributed by atoms with Crippen molar-refractivity contribution in [2.45, 2.75) is 32.9 Å². The van der Waals surface area contributed by atoms with Crippen molar-refractivity contribution in [3.05, 3.63) is 32.9 Å². The molecule has 0 aromatic carbocycles. The van der Waals surface area contributed by atoms with E-state index in [2.05, 4.69) is 45.9 Å². The van der Waals surface area contributed by atoms with Gasteiger partial charge in [-0.25, -0.2) is 9.67 Å². The summed E-state index contributed by atoms with van der Waals surface area (Å²) < 4.78 is 3.06. The highest BCUT2D eigenvalue weighted by atomic mass is 79.9. The van der Waals surface area contributed by atoms with Gasteiger partial charge in [0.05, 0.1) is 3.79 Å². The normalized spacial score (nSPS) is 13.2. The van der Waals surface area contributed by atoms with Crippen LogP contribution in [-0.4, -0.2) is 14.8 Å². The molecular formula is C12H17BrN4S. The van der Waals surface area contributed by atoms with Crippen LogP contribution in [0, 0.1) is 5.92 Å². The molecule has 0 amide bonds. The number of halogens is 1. The summed E-state index contributed by atoms with van der Waals surface area (Å²) >= 11 is 5.13. The van der Waals surface area contributed by atoms with Crippen molar-refractivity contribution < 1.29 is 0 Å². The van der Waals surface area contributed by atoms with Gasteiger partial charge in [0, 0.05) is 23.9 Å². The lowest BCUT2D eigenvalue weighted by atomic mass is 10.1. The molecule has 0 bridgehead atoms. The first-order valence-electron chi connectivity index (χ1n) is 5.93. The highest BCUT2D eigenvalue weighted by molar-refractivity contribution is 9.11. The van der Waals surface area contributed by atoms with Crippen LogP contribution in [0.2, 0.25) is 0 Å². The van der Waals surface area contributed by atoms with E-state index >= 15 is 0 Å². The zero-order chi connectivity index (χ0) is 13.1. The van der Waals surface area contributed by atoms with E-state index in [-0.39, 0.29) is 6.04 Å². The first-order chi connectivity index (χ1) is 8.56. The van der Waals surface area contributed by atoms with Gasteiger partial charge in [-0.1, -0.05) is 13.8 Å². The Labute approximate surface area is 119 Å². The highest BCUT2D eigenvalue weighted by Crippen LogP contribution is 2.27.